The third-order valence-electron chi connectivity index (χ3n) is 4.17. The van der Waals surface area contributed by atoms with Crippen molar-refractivity contribution >= 4 is 5.91 Å². The van der Waals surface area contributed by atoms with E-state index in [1.54, 1.807) is 12.4 Å². The highest BCUT2D eigenvalue weighted by Crippen LogP contribution is 2.29. The maximum atomic E-state index is 13.9. The Labute approximate surface area is 132 Å². The van der Waals surface area contributed by atoms with E-state index in [0.29, 0.717) is 13.1 Å². The Hall–Kier alpha value is -2.50. The number of likely N-dealkylation sites (tertiary alicyclic amines) is 1. The van der Waals surface area contributed by atoms with E-state index in [2.05, 4.69) is 4.98 Å². The number of rotatable bonds is 2. The minimum atomic E-state index is -1.21. The molecule has 0 aliphatic carbocycles. The molecule has 0 spiro atoms. The second-order valence-corrected chi connectivity index (χ2v) is 5.63. The molecule has 1 saturated heterocycles. The summed E-state index contributed by atoms with van der Waals surface area (Å²) in [6, 6.07) is 5.57. The van der Waals surface area contributed by atoms with E-state index in [9.17, 15) is 18.7 Å². The number of nitrogens with zero attached hydrogens (tertiary/aromatic N) is 2. The number of hydrogen-bond acceptors (Lipinski definition) is 3. The summed E-state index contributed by atoms with van der Waals surface area (Å²) in [6.45, 7) is 0.826. The molecule has 3 rings (SSSR count). The van der Waals surface area contributed by atoms with Crippen LogP contribution < -0.4 is 0 Å². The fourth-order valence-corrected chi connectivity index (χ4v) is 2.96. The van der Waals surface area contributed by atoms with Gasteiger partial charge in [-0.1, -0.05) is 0 Å². The van der Waals surface area contributed by atoms with Gasteiger partial charge < -0.3 is 10.0 Å². The Balaban J connectivity index is 1.85. The summed E-state index contributed by atoms with van der Waals surface area (Å²) in [5, 5.41) is 9.38. The topological polar surface area (TPSA) is 53.4 Å². The van der Waals surface area contributed by atoms with Gasteiger partial charge in [0.25, 0.3) is 5.91 Å². The van der Waals surface area contributed by atoms with Crippen LogP contribution in [0.15, 0.2) is 36.7 Å². The molecule has 23 heavy (non-hydrogen) atoms. The van der Waals surface area contributed by atoms with Crippen molar-refractivity contribution in [3.8, 4) is 5.75 Å². The van der Waals surface area contributed by atoms with Gasteiger partial charge in [-0.25, -0.2) is 8.78 Å². The molecule has 0 bridgehead atoms. The van der Waals surface area contributed by atoms with Gasteiger partial charge in [-0.2, -0.15) is 0 Å². The molecule has 0 radical (unpaired) electrons. The summed E-state index contributed by atoms with van der Waals surface area (Å²) < 4.78 is 27.8. The molecule has 1 N–H and O–H groups in total. The number of aromatic hydroxyl groups is 1. The Kier molecular flexibility index (Phi) is 4.23. The van der Waals surface area contributed by atoms with Crippen molar-refractivity contribution in [2.45, 2.75) is 18.8 Å². The number of pyridine rings is 1. The number of hydrogen-bond donors (Lipinski definition) is 1. The van der Waals surface area contributed by atoms with Gasteiger partial charge in [0.2, 0.25) is 0 Å². The van der Waals surface area contributed by atoms with Gasteiger partial charge in [-0.15, -0.1) is 0 Å². The normalized spacial score (nSPS) is 18.0. The van der Waals surface area contributed by atoms with Crippen molar-refractivity contribution in [1.82, 2.24) is 9.88 Å². The second kappa shape index (κ2) is 6.32. The SMILES string of the molecule is O=C(c1c(F)ccc(O)c1F)N1CCCC(c2ccncc2)C1. The summed E-state index contributed by atoms with van der Waals surface area (Å²) in [5.74, 6) is -3.51. The Morgan fingerprint density at radius 1 is 1.22 bits per heavy atom. The van der Waals surface area contributed by atoms with E-state index < -0.39 is 28.9 Å². The predicted octanol–water partition coefficient (Wildman–Crippen LogP) is 3.09. The first-order valence-electron chi connectivity index (χ1n) is 7.44. The summed E-state index contributed by atoms with van der Waals surface area (Å²) in [5.41, 5.74) is 0.356. The largest absolute Gasteiger partial charge is 0.505 e. The van der Waals surface area contributed by atoms with Gasteiger partial charge in [0.05, 0.1) is 0 Å². The fourth-order valence-electron chi connectivity index (χ4n) is 2.96. The van der Waals surface area contributed by atoms with E-state index in [0.717, 1.165) is 30.5 Å². The monoisotopic (exact) mass is 318 g/mol. The van der Waals surface area contributed by atoms with Crippen LogP contribution in [0.2, 0.25) is 0 Å². The lowest BCUT2D eigenvalue weighted by atomic mass is 9.91. The van der Waals surface area contributed by atoms with Crippen LogP contribution in [-0.2, 0) is 0 Å². The molecule has 1 atom stereocenters. The molecular weight excluding hydrogens is 302 g/mol. The van der Waals surface area contributed by atoms with E-state index >= 15 is 0 Å². The van der Waals surface area contributed by atoms with Crippen LogP contribution in [0.3, 0.4) is 0 Å². The van der Waals surface area contributed by atoms with Gasteiger partial charge in [-0.05, 0) is 42.7 Å². The number of amides is 1. The number of carbonyl (C=O) groups excluding carboxylic acids is 1. The first-order chi connectivity index (χ1) is 11.1. The van der Waals surface area contributed by atoms with Crippen molar-refractivity contribution in [3.05, 3.63) is 59.4 Å². The Bertz CT molecular complexity index is 722. The first-order valence-corrected chi connectivity index (χ1v) is 7.44. The smallest absolute Gasteiger partial charge is 0.259 e. The van der Waals surface area contributed by atoms with Crippen molar-refractivity contribution in [3.63, 3.8) is 0 Å². The lowest BCUT2D eigenvalue weighted by Gasteiger charge is -2.33. The number of phenolic OH excluding ortho intramolecular Hbond substituents is 1. The van der Waals surface area contributed by atoms with Gasteiger partial charge in [0.1, 0.15) is 11.4 Å². The molecule has 2 heterocycles. The number of halogens is 2. The lowest BCUT2D eigenvalue weighted by molar-refractivity contribution is 0.0696. The maximum absolute atomic E-state index is 13.9. The van der Waals surface area contributed by atoms with Crippen LogP contribution in [-0.4, -0.2) is 34.0 Å². The third kappa shape index (κ3) is 3.02. The number of carbonyl (C=O) groups is 1. The maximum Gasteiger partial charge on any atom is 0.259 e. The number of phenols is 1. The number of benzene rings is 1. The first kappa shape index (κ1) is 15.4. The molecular formula is C17H16F2N2O2. The molecule has 6 heteroatoms. The van der Waals surface area contributed by atoms with Crippen molar-refractivity contribution in [2.75, 3.05) is 13.1 Å². The molecule has 1 fully saturated rings. The van der Waals surface area contributed by atoms with Crippen LogP contribution in [0.25, 0.3) is 0 Å². The predicted molar refractivity (Wildman–Crippen MR) is 80.1 cm³/mol. The molecule has 1 aromatic carbocycles. The van der Waals surface area contributed by atoms with Gasteiger partial charge in [0.15, 0.2) is 11.6 Å². The van der Waals surface area contributed by atoms with E-state index in [1.807, 2.05) is 12.1 Å². The van der Waals surface area contributed by atoms with Crippen LogP contribution >= 0.6 is 0 Å². The molecule has 2 aromatic rings. The van der Waals surface area contributed by atoms with Gasteiger partial charge >= 0.3 is 0 Å². The van der Waals surface area contributed by atoms with Crippen LogP contribution in [0.5, 0.6) is 5.75 Å². The zero-order valence-corrected chi connectivity index (χ0v) is 12.4. The number of aromatic nitrogens is 1. The zero-order valence-electron chi connectivity index (χ0n) is 12.4. The fraction of sp³-hybridized carbons (Fsp3) is 0.294. The standard InChI is InChI=1S/C17H16F2N2O2/c18-13-3-4-14(22)16(19)15(13)17(23)21-9-1-2-12(10-21)11-5-7-20-8-6-11/h3-8,12,22H,1-2,9-10H2. The van der Waals surface area contributed by atoms with E-state index in [-0.39, 0.29) is 5.92 Å². The van der Waals surface area contributed by atoms with E-state index in [4.69, 9.17) is 0 Å². The highest BCUT2D eigenvalue weighted by molar-refractivity contribution is 5.95. The highest BCUT2D eigenvalue weighted by atomic mass is 19.1. The third-order valence-corrected chi connectivity index (χ3v) is 4.17. The number of piperidine rings is 1. The van der Waals surface area contributed by atoms with Gasteiger partial charge in [-0.3, -0.25) is 9.78 Å². The van der Waals surface area contributed by atoms with Crippen LogP contribution in [0, 0.1) is 11.6 Å². The van der Waals surface area contributed by atoms with Gasteiger partial charge in [0, 0.05) is 31.4 Å². The van der Waals surface area contributed by atoms with Crippen LogP contribution in [0.4, 0.5) is 8.78 Å². The molecule has 1 aromatic heterocycles. The lowest BCUT2D eigenvalue weighted by Crippen LogP contribution is -2.39. The molecule has 1 aliphatic heterocycles. The summed E-state index contributed by atoms with van der Waals surface area (Å²) in [4.78, 5) is 17.9. The summed E-state index contributed by atoms with van der Waals surface area (Å²) in [7, 11) is 0. The molecule has 1 unspecified atom stereocenters. The second-order valence-electron chi connectivity index (χ2n) is 5.63. The van der Waals surface area contributed by atoms with Crippen LogP contribution in [0.1, 0.15) is 34.7 Å². The Morgan fingerprint density at radius 2 is 1.96 bits per heavy atom. The highest BCUT2D eigenvalue weighted by Gasteiger charge is 2.29. The molecule has 1 aliphatic rings. The average Bonchev–Trinajstić information content (AvgIpc) is 2.59. The summed E-state index contributed by atoms with van der Waals surface area (Å²) in [6.07, 6.45) is 5.02. The minimum absolute atomic E-state index is 0.110. The molecule has 120 valence electrons. The zero-order chi connectivity index (χ0) is 16.4. The quantitative estimate of drug-likeness (QED) is 0.926. The Morgan fingerprint density at radius 3 is 2.70 bits per heavy atom. The molecule has 1 amide bonds. The summed E-state index contributed by atoms with van der Waals surface area (Å²) >= 11 is 0. The van der Waals surface area contributed by atoms with E-state index in [1.165, 1.54) is 4.90 Å². The molecule has 0 saturated carbocycles. The van der Waals surface area contributed by atoms with Crippen molar-refractivity contribution in [1.29, 1.82) is 0 Å². The van der Waals surface area contributed by atoms with Crippen molar-refractivity contribution < 1.29 is 18.7 Å². The average molecular weight is 318 g/mol. The van der Waals surface area contributed by atoms with Crippen molar-refractivity contribution in [2.24, 2.45) is 0 Å². The minimum Gasteiger partial charge on any atom is -0.505 e. The molecule has 4 nitrogen and oxygen atoms in total.